The second kappa shape index (κ2) is 5.58. The average Bonchev–Trinajstić information content (AvgIpc) is 2.75. The van der Waals surface area contributed by atoms with Gasteiger partial charge in [-0.25, -0.2) is 4.68 Å². The van der Waals surface area contributed by atoms with Crippen molar-refractivity contribution >= 4 is 17.5 Å². The van der Waals surface area contributed by atoms with Crippen LogP contribution in [0.15, 0.2) is 35.5 Å². The van der Waals surface area contributed by atoms with Crippen molar-refractivity contribution in [1.29, 1.82) is 0 Å². The van der Waals surface area contributed by atoms with Gasteiger partial charge in [-0.2, -0.15) is 0 Å². The number of Topliss-reactive ketones (excluding diaryl/α,β-unsaturated/α-hetero) is 1. The molecule has 0 aliphatic rings. The molecule has 88 valence electrons. The van der Waals surface area contributed by atoms with Gasteiger partial charge in [-0.05, 0) is 22.9 Å². The summed E-state index contributed by atoms with van der Waals surface area (Å²) in [5.74, 6) is 0.513. The maximum Gasteiger partial charge on any atom is 0.210 e. The predicted octanol–water partition coefficient (Wildman–Crippen LogP) is 1.40. The van der Waals surface area contributed by atoms with E-state index in [1.54, 1.807) is 11.6 Å². The number of carbonyl (C=O) groups is 1. The molecule has 2 rings (SSSR count). The van der Waals surface area contributed by atoms with Crippen molar-refractivity contribution in [2.24, 2.45) is 0 Å². The van der Waals surface area contributed by atoms with Crippen LogP contribution in [-0.2, 0) is 11.3 Å². The molecule has 6 heteroatoms. The van der Waals surface area contributed by atoms with Crippen molar-refractivity contribution in [2.45, 2.75) is 18.6 Å². The molecule has 0 unspecified atom stereocenters. The summed E-state index contributed by atoms with van der Waals surface area (Å²) in [4.78, 5) is 10.9. The van der Waals surface area contributed by atoms with Crippen LogP contribution in [-0.4, -0.2) is 31.7 Å². The largest absolute Gasteiger partial charge is 0.299 e. The second-order valence-electron chi connectivity index (χ2n) is 3.60. The Morgan fingerprint density at radius 2 is 2.12 bits per heavy atom. The highest BCUT2D eigenvalue weighted by Gasteiger charge is 2.08. The molecule has 0 spiro atoms. The summed E-state index contributed by atoms with van der Waals surface area (Å²) in [6, 6.07) is 9.95. The minimum atomic E-state index is 0.115. The van der Waals surface area contributed by atoms with E-state index < -0.39 is 0 Å². The third kappa shape index (κ3) is 3.39. The van der Waals surface area contributed by atoms with E-state index in [0.29, 0.717) is 17.5 Å². The maximum absolute atomic E-state index is 10.9. The average molecular weight is 248 g/mol. The van der Waals surface area contributed by atoms with Gasteiger partial charge >= 0.3 is 0 Å². The maximum atomic E-state index is 10.9. The molecule has 0 aliphatic heterocycles. The molecule has 0 aliphatic carbocycles. The molecule has 2 aromatic rings. The molecule has 0 saturated carbocycles. The van der Waals surface area contributed by atoms with Crippen molar-refractivity contribution in [2.75, 3.05) is 5.75 Å². The van der Waals surface area contributed by atoms with Gasteiger partial charge in [0, 0.05) is 0 Å². The van der Waals surface area contributed by atoms with Gasteiger partial charge in [0.05, 0.1) is 12.3 Å². The van der Waals surface area contributed by atoms with E-state index in [1.165, 1.54) is 11.8 Å². The van der Waals surface area contributed by atoms with E-state index in [2.05, 4.69) is 15.5 Å². The number of nitrogens with zero attached hydrogens (tertiary/aromatic N) is 4. The Balaban J connectivity index is 2.06. The minimum Gasteiger partial charge on any atom is -0.299 e. The van der Waals surface area contributed by atoms with Gasteiger partial charge in [-0.3, -0.25) is 4.79 Å². The van der Waals surface area contributed by atoms with Crippen molar-refractivity contribution in [3.05, 3.63) is 35.9 Å². The summed E-state index contributed by atoms with van der Waals surface area (Å²) in [6.45, 7) is 2.17. The summed E-state index contributed by atoms with van der Waals surface area (Å²) in [7, 11) is 0. The lowest BCUT2D eigenvalue weighted by Crippen LogP contribution is -2.05. The SMILES string of the molecule is CC(=O)CSc1nnnn1Cc1ccccc1. The number of ketones is 1. The van der Waals surface area contributed by atoms with Gasteiger partial charge in [0.15, 0.2) is 0 Å². The zero-order valence-electron chi connectivity index (χ0n) is 9.41. The van der Waals surface area contributed by atoms with Gasteiger partial charge in [-0.15, -0.1) is 5.10 Å². The van der Waals surface area contributed by atoms with Crippen LogP contribution in [0, 0.1) is 0 Å². The number of thioether (sulfide) groups is 1. The van der Waals surface area contributed by atoms with Crippen LogP contribution in [0.1, 0.15) is 12.5 Å². The predicted molar refractivity (Wildman–Crippen MR) is 64.8 cm³/mol. The fraction of sp³-hybridized carbons (Fsp3) is 0.273. The zero-order valence-corrected chi connectivity index (χ0v) is 10.2. The van der Waals surface area contributed by atoms with E-state index in [-0.39, 0.29) is 5.78 Å². The Labute approximate surface area is 103 Å². The summed E-state index contributed by atoms with van der Waals surface area (Å²) in [6.07, 6.45) is 0. The number of carbonyl (C=O) groups excluding carboxylic acids is 1. The molecular formula is C11H12N4OS. The van der Waals surface area contributed by atoms with E-state index in [0.717, 1.165) is 5.56 Å². The molecule has 1 heterocycles. The summed E-state index contributed by atoms with van der Waals surface area (Å²) in [5, 5.41) is 12.1. The molecule has 5 nitrogen and oxygen atoms in total. The van der Waals surface area contributed by atoms with E-state index >= 15 is 0 Å². The zero-order chi connectivity index (χ0) is 12.1. The van der Waals surface area contributed by atoms with Crippen LogP contribution in [0.2, 0.25) is 0 Å². The first-order valence-corrected chi connectivity index (χ1v) is 6.16. The Morgan fingerprint density at radius 1 is 1.35 bits per heavy atom. The summed E-state index contributed by atoms with van der Waals surface area (Å²) < 4.78 is 1.70. The lowest BCUT2D eigenvalue weighted by Gasteiger charge is -2.03. The standard InChI is InChI=1S/C11H12N4OS/c1-9(16)8-17-11-12-13-14-15(11)7-10-5-3-2-4-6-10/h2-6H,7-8H2,1H3. The van der Waals surface area contributed by atoms with Gasteiger partial charge in [-0.1, -0.05) is 42.1 Å². The van der Waals surface area contributed by atoms with Crippen LogP contribution in [0.5, 0.6) is 0 Å². The Bertz CT molecular complexity index is 497. The fourth-order valence-corrected chi connectivity index (χ4v) is 2.00. The highest BCUT2D eigenvalue weighted by atomic mass is 32.2. The Morgan fingerprint density at radius 3 is 2.82 bits per heavy atom. The van der Waals surface area contributed by atoms with E-state index in [1.807, 2.05) is 30.3 Å². The highest BCUT2D eigenvalue weighted by Crippen LogP contribution is 2.14. The monoisotopic (exact) mass is 248 g/mol. The van der Waals surface area contributed by atoms with Crippen molar-refractivity contribution < 1.29 is 4.79 Å². The Hall–Kier alpha value is -1.69. The van der Waals surface area contributed by atoms with E-state index in [9.17, 15) is 4.79 Å². The van der Waals surface area contributed by atoms with Crippen LogP contribution in [0.25, 0.3) is 0 Å². The number of hydrogen-bond donors (Lipinski definition) is 0. The number of tetrazole rings is 1. The van der Waals surface area contributed by atoms with Crippen LogP contribution < -0.4 is 0 Å². The highest BCUT2D eigenvalue weighted by molar-refractivity contribution is 7.99. The normalized spacial score (nSPS) is 10.4. The molecule has 0 atom stereocenters. The first kappa shape index (κ1) is 11.8. The summed E-state index contributed by atoms with van der Waals surface area (Å²) in [5.41, 5.74) is 1.13. The molecule has 0 fully saturated rings. The molecule has 0 bridgehead atoms. The molecule has 17 heavy (non-hydrogen) atoms. The molecule has 0 saturated heterocycles. The third-order valence-corrected chi connectivity index (χ3v) is 3.18. The minimum absolute atomic E-state index is 0.115. The second-order valence-corrected chi connectivity index (χ2v) is 4.54. The quantitative estimate of drug-likeness (QED) is 0.748. The summed E-state index contributed by atoms with van der Waals surface area (Å²) >= 11 is 1.36. The molecule has 0 amide bonds. The van der Waals surface area contributed by atoms with Crippen LogP contribution in [0.3, 0.4) is 0 Å². The first-order valence-electron chi connectivity index (χ1n) is 5.18. The van der Waals surface area contributed by atoms with E-state index in [4.69, 9.17) is 0 Å². The number of benzene rings is 1. The van der Waals surface area contributed by atoms with Crippen LogP contribution in [0.4, 0.5) is 0 Å². The lowest BCUT2D eigenvalue weighted by molar-refractivity contribution is -0.114. The number of rotatable bonds is 5. The van der Waals surface area contributed by atoms with Gasteiger partial charge < -0.3 is 0 Å². The molecule has 0 N–H and O–H groups in total. The molecule has 1 aromatic carbocycles. The smallest absolute Gasteiger partial charge is 0.210 e. The van der Waals surface area contributed by atoms with Crippen molar-refractivity contribution in [1.82, 2.24) is 20.2 Å². The third-order valence-electron chi connectivity index (χ3n) is 2.08. The molecular weight excluding hydrogens is 236 g/mol. The fourth-order valence-electron chi connectivity index (χ4n) is 1.32. The Kier molecular flexibility index (Phi) is 3.87. The van der Waals surface area contributed by atoms with Gasteiger partial charge in [0.2, 0.25) is 5.16 Å². The molecule has 1 aromatic heterocycles. The van der Waals surface area contributed by atoms with Gasteiger partial charge in [0.25, 0.3) is 0 Å². The van der Waals surface area contributed by atoms with Gasteiger partial charge in [0.1, 0.15) is 5.78 Å². The van der Waals surface area contributed by atoms with Crippen molar-refractivity contribution in [3.63, 3.8) is 0 Å². The van der Waals surface area contributed by atoms with Crippen molar-refractivity contribution in [3.8, 4) is 0 Å². The number of aromatic nitrogens is 4. The first-order chi connectivity index (χ1) is 8.25. The van der Waals surface area contributed by atoms with Crippen LogP contribution >= 0.6 is 11.8 Å². The lowest BCUT2D eigenvalue weighted by atomic mass is 10.2. The topological polar surface area (TPSA) is 60.7 Å². The molecule has 0 radical (unpaired) electrons. The number of hydrogen-bond acceptors (Lipinski definition) is 5.